The quantitative estimate of drug-likeness (QED) is 0.591. The van der Waals surface area contributed by atoms with Crippen molar-refractivity contribution in [1.29, 1.82) is 0 Å². The van der Waals surface area contributed by atoms with E-state index < -0.39 is 0 Å². The molecule has 1 N–H and O–H groups in total. The summed E-state index contributed by atoms with van der Waals surface area (Å²) in [6.45, 7) is 1.91. The van der Waals surface area contributed by atoms with Gasteiger partial charge < -0.3 is 9.88 Å². The summed E-state index contributed by atoms with van der Waals surface area (Å²) in [5.74, 6) is -0.336. The maximum absolute atomic E-state index is 12.8. The molecule has 0 atom stereocenters. The van der Waals surface area contributed by atoms with Crippen LogP contribution in [0, 0.1) is 6.92 Å². The first-order valence-electron chi connectivity index (χ1n) is 7.99. The number of hydrogen-bond donors (Lipinski definition) is 1. The summed E-state index contributed by atoms with van der Waals surface area (Å²) in [7, 11) is 1.71. The number of benzene rings is 1. The third kappa shape index (κ3) is 2.64. The smallest absolute Gasteiger partial charge is 0.272 e. The van der Waals surface area contributed by atoms with Gasteiger partial charge in [0.25, 0.3) is 11.5 Å². The van der Waals surface area contributed by atoms with Gasteiger partial charge in [-0.3, -0.25) is 14.0 Å². The lowest BCUT2D eigenvalue weighted by molar-refractivity contribution is 0.101. The SMILES string of the molecule is Cc1ccc2nc3c(cc(C(=O)Nc4cccc(Cl)c4)n3C)c(=O)n2c1. The fourth-order valence-corrected chi connectivity index (χ4v) is 3.15. The number of anilines is 1. The summed E-state index contributed by atoms with van der Waals surface area (Å²) < 4.78 is 3.12. The molecule has 0 radical (unpaired) electrons. The van der Waals surface area contributed by atoms with Crippen LogP contribution in [-0.4, -0.2) is 19.9 Å². The minimum Gasteiger partial charge on any atom is -0.324 e. The topological polar surface area (TPSA) is 68.4 Å². The molecule has 6 nitrogen and oxygen atoms in total. The van der Waals surface area contributed by atoms with Crippen LogP contribution in [0.25, 0.3) is 16.7 Å². The van der Waals surface area contributed by atoms with E-state index in [9.17, 15) is 9.59 Å². The summed E-state index contributed by atoms with van der Waals surface area (Å²) in [4.78, 5) is 30.0. The number of carbonyl (C=O) groups is 1. The third-order valence-corrected chi connectivity index (χ3v) is 4.50. The van der Waals surface area contributed by atoms with Gasteiger partial charge in [0.05, 0.1) is 5.39 Å². The molecule has 3 heterocycles. The van der Waals surface area contributed by atoms with Crippen molar-refractivity contribution in [2.24, 2.45) is 7.05 Å². The van der Waals surface area contributed by atoms with Gasteiger partial charge in [-0.05, 0) is 42.8 Å². The Morgan fingerprint density at radius 2 is 2.00 bits per heavy atom. The van der Waals surface area contributed by atoms with Crippen molar-refractivity contribution in [2.45, 2.75) is 6.92 Å². The Labute approximate surface area is 153 Å². The van der Waals surface area contributed by atoms with E-state index >= 15 is 0 Å². The van der Waals surface area contributed by atoms with E-state index in [-0.39, 0.29) is 11.5 Å². The van der Waals surface area contributed by atoms with E-state index in [2.05, 4.69) is 10.3 Å². The first-order valence-corrected chi connectivity index (χ1v) is 8.37. The molecule has 0 spiro atoms. The van der Waals surface area contributed by atoms with Crippen molar-refractivity contribution < 1.29 is 4.79 Å². The van der Waals surface area contributed by atoms with E-state index in [0.717, 1.165) is 5.56 Å². The molecule has 0 aliphatic heterocycles. The van der Waals surface area contributed by atoms with Crippen molar-refractivity contribution in [1.82, 2.24) is 14.0 Å². The van der Waals surface area contributed by atoms with Gasteiger partial charge >= 0.3 is 0 Å². The van der Waals surface area contributed by atoms with Crippen LogP contribution in [0.3, 0.4) is 0 Å². The lowest BCUT2D eigenvalue weighted by Gasteiger charge is -2.07. The number of aromatic nitrogens is 3. The molecular formula is C19H15ClN4O2. The Morgan fingerprint density at radius 1 is 1.19 bits per heavy atom. The van der Waals surface area contributed by atoms with Crippen LogP contribution in [0.2, 0.25) is 5.02 Å². The minimum atomic E-state index is -0.336. The highest BCUT2D eigenvalue weighted by atomic mass is 35.5. The van der Waals surface area contributed by atoms with Crippen molar-refractivity contribution in [3.8, 4) is 0 Å². The number of nitrogens with zero attached hydrogens (tertiary/aromatic N) is 3. The van der Waals surface area contributed by atoms with E-state index in [1.165, 1.54) is 4.40 Å². The molecule has 4 aromatic rings. The second-order valence-electron chi connectivity index (χ2n) is 6.14. The zero-order valence-corrected chi connectivity index (χ0v) is 14.9. The van der Waals surface area contributed by atoms with Crippen LogP contribution in [0.15, 0.2) is 53.5 Å². The van der Waals surface area contributed by atoms with Gasteiger partial charge in [0, 0.05) is 24.0 Å². The largest absolute Gasteiger partial charge is 0.324 e. The number of carbonyl (C=O) groups excluding carboxylic acids is 1. The number of pyridine rings is 1. The molecule has 0 saturated carbocycles. The number of halogens is 1. The van der Waals surface area contributed by atoms with Gasteiger partial charge in [-0.25, -0.2) is 4.98 Å². The number of rotatable bonds is 2. The van der Waals surface area contributed by atoms with Crippen molar-refractivity contribution >= 4 is 39.9 Å². The Kier molecular flexibility index (Phi) is 3.77. The van der Waals surface area contributed by atoms with Gasteiger partial charge in [-0.15, -0.1) is 0 Å². The Morgan fingerprint density at radius 3 is 2.77 bits per heavy atom. The predicted molar refractivity (Wildman–Crippen MR) is 102 cm³/mol. The lowest BCUT2D eigenvalue weighted by Crippen LogP contribution is -2.16. The van der Waals surface area contributed by atoms with Crippen molar-refractivity contribution in [3.63, 3.8) is 0 Å². The highest BCUT2D eigenvalue weighted by Crippen LogP contribution is 2.19. The van der Waals surface area contributed by atoms with E-state index in [1.807, 2.05) is 13.0 Å². The van der Waals surface area contributed by atoms with Crippen LogP contribution in [-0.2, 0) is 7.05 Å². The van der Waals surface area contributed by atoms with Crippen LogP contribution < -0.4 is 10.9 Å². The summed E-state index contributed by atoms with van der Waals surface area (Å²) in [5.41, 5.74) is 2.68. The summed E-state index contributed by atoms with van der Waals surface area (Å²) in [6, 6.07) is 12.1. The first-order chi connectivity index (χ1) is 12.4. The van der Waals surface area contributed by atoms with Crippen molar-refractivity contribution in [3.05, 3.63) is 75.3 Å². The molecule has 3 aromatic heterocycles. The highest BCUT2D eigenvalue weighted by Gasteiger charge is 2.18. The van der Waals surface area contributed by atoms with Crippen LogP contribution in [0.1, 0.15) is 16.1 Å². The Balaban J connectivity index is 1.84. The zero-order valence-electron chi connectivity index (χ0n) is 14.2. The number of nitrogens with one attached hydrogen (secondary N) is 1. The van der Waals surface area contributed by atoms with Gasteiger partial charge in [0.2, 0.25) is 0 Å². The average Bonchev–Trinajstić information content (AvgIpc) is 2.93. The van der Waals surface area contributed by atoms with E-state index in [1.54, 1.807) is 54.2 Å². The minimum absolute atomic E-state index is 0.203. The van der Waals surface area contributed by atoms with Gasteiger partial charge in [-0.2, -0.15) is 0 Å². The molecule has 0 fully saturated rings. The van der Waals surface area contributed by atoms with E-state index in [0.29, 0.717) is 33.1 Å². The van der Waals surface area contributed by atoms with Gasteiger partial charge in [0.1, 0.15) is 17.0 Å². The highest BCUT2D eigenvalue weighted by molar-refractivity contribution is 6.31. The molecule has 26 heavy (non-hydrogen) atoms. The van der Waals surface area contributed by atoms with Gasteiger partial charge in [-0.1, -0.05) is 23.7 Å². The molecule has 1 aromatic carbocycles. The van der Waals surface area contributed by atoms with Crippen LogP contribution in [0.4, 0.5) is 5.69 Å². The second-order valence-corrected chi connectivity index (χ2v) is 6.58. The molecule has 1 amide bonds. The second kappa shape index (κ2) is 6.00. The molecule has 0 aliphatic rings. The van der Waals surface area contributed by atoms with Crippen LogP contribution >= 0.6 is 11.6 Å². The molecule has 0 aliphatic carbocycles. The Bertz CT molecular complexity index is 1240. The van der Waals surface area contributed by atoms with E-state index in [4.69, 9.17) is 11.6 Å². The monoisotopic (exact) mass is 366 g/mol. The van der Waals surface area contributed by atoms with Crippen molar-refractivity contribution in [2.75, 3.05) is 5.32 Å². The molecule has 0 saturated heterocycles. The third-order valence-electron chi connectivity index (χ3n) is 4.26. The molecule has 0 unspecified atom stereocenters. The molecule has 7 heteroatoms. The zero-order chi connectivity index (χ0) is 18.4. The fourth-order valence-electron chi connectivity index (χ4n) is 2.96. The van der Waals surface area contributed by atoms with Gasteiger partial charge in [0.15, 0.2) is 0 Å². The predicted octanol–water partition coefficient (Wildman–Crippen LogP) is 3.40. The molecule has 0 bridgehead atoms. The van der Waals surface area contributed by atoms with Crippen LogP contribution in [0.5, 0.6) is 0 Å². The number of fused-ring (bicyclic) bond motifs is 2. The maximum Gasteiger partial charge on any atom is 0.272 e. The number of hydrogen-bond acceptors (Lipinski definition) is 3. The maximum atomic E-state index is 12.8. The summed E-state index contributed by atoms with van der Waals surface area (Å²) in [6.07, 6.45) is 1.74. The molecular weight excluding hydrogens is 352 g/mol. The molecule has 4 rings (SSSR count). The lowest BCUT2D eigenvalue weighted by atomic mass is 10.3. The number of amides is 1. The fraction of sp³-hybridized carbons (Fsp3) is 0.105. The average molecular weight is 367 g/mol. The summed E-state index contributed by atoms with van der Waals surface area (Å²) >= 11 is 5.95. The summed E-state index contributed by atoms with van der Waals surface area (Å²) in [5, 5.41) is 3.71. The Hall–Kier alpha value is -3.12. The number of aryl methyl sites for hydroxylation is 2. The molecule has 130 valence electrons. The first kappa shape index (κ1) is 16.4. The normalized spacial score (nSPS) is 11.2. The standard InChI is InChI=1S/C19H15ClN4O2/c1-11-6-7-16-22-17-14(19(26)24(16)10-11)9-15(23(17)2)18(25)21-13-5-3-4-12(20)8-13/h3-10H,1-2H3,(H,21,25).